The van der Waals surface area contributed by atoms with Gasteiger partial charge in [0.15, 0.2) is 0 Å². The molecule has 1 saturated carbocycles. The smallest absolute Gasteiger partial charge is 0.206 e. The van der Waals surface area contributed by atoms with Crippen molar-refractivity contribution in [1.29, 1.82) is 5.41 Å². The average Bonchev–Trinajstić information content (AvgIpc) is 2.82. The minimum Gasteiger partial charge on any atom is -0.301 e. The first-order valence-electron chi connectivity index (χ1n) is 5.94. The van der Waals surface area contributed by atoms with Crippen LogP contribution in [-0.4, -0.2) is 11.5 Å². The molecule has 0 aliphatic heterocycles. The zero-order valence-corrected chi connectivity index (χ0v) is 9.41. The Bertz CT molecular complexity index is 377. The Balaban J connectivity index is 1.97. The van der Waals surface area contributed by atoms with E-state index in [1.54, 1.807) is 12.1 Å². The van der Waals surface area contributed by atoms with E-state index < -0.39 is 0 Å². The van der Waals surface area contributed by atoms with Gasteiger partial charge in [-0.2, -0.15) is 0 Å². The SMILES string of the molecule is N=C(CC1CCCC1)C(=O)c1ccccc1. The maximum Gasteiger partial charge on any atom is 0.206 e. The fourth-order valence-corrected chi connectivity index (χ4v) is 2.36. The van der Waals surface area contributed by atoms with Gasteiger partial charge < -0.3 is 5.41 Å². The van der Waals surface area contributed by atoms with E-state index in [2.05, 4.69) is 0 Å². The molecule has 84 valence electrons. The topological polar surface area (TPSA) is 40.9 Å². The number of carbonyl (C=O) groups excluding carboxylic acids is 1. The Hall–Kier alpha value is -1.44. The van der Waals surface area contributed by atoms with Crippen LogP contribution in [0.2, 0.25) is 0 Å². The summed E-state index contributed by atoms with van der Waals surface area (Å²) < 4.78 is 0. The van der Waals surface area contributed by atoms with E-state index in [0.717, 1.165) is 0 Å². The first-order valence-corrected chi connectivity index (χ1v) is 5.94. The lowest BCUT2D eigenvalue weighted by Crippen LogP contribution is -2.16. The third-order valence-electron chi connectivity index (χ3n) is 3.28. The van der Waals surface area contributed by atoms with Gasteiger partial charge in [0.25, 0.3) is 0 Å². The van der Waals surface area contributed by atoms with Crippen molar-refractivity contribution in [2.75, 3.05) is 0 Å². The van der Waals surface area contributed by atoms with Crippen LogP contribution in [0.4, 0.5) is 0 Å². The van der Waals surface area contributed by atoms with Crippen molar-refractivity contribution in [2.24, 2.45) is 5.92 Å². The summed E-state index contributed by atoms with van der Waals surface area (Å²) in [5, 5.41) is 7.85. The molecule has 0 heterocycles. The Morgan fingerprint density at radius 2 is 1.81 bits per heavy atom. The van der Waals surface area contributed by atoms with Crippen LogP contribution in [0.5, 0.6) is 0 Å². The fourth-order valence-electron chi connectivity index (χ4n) is 2.36. The highest BCUT2D eigenvalue weighted by Gasteiger charge is 2.20. The molecule has 1 N–H and O–H groups in total. The minimum atomic E-state index is -0.104. The Kier molecular flexibility index (Phi) is 3.50. The Morgan fingerprint density at radius 3 is 2.44 bits per heavy atom. The van der Waals surface area contributed by atoms with Crippen LogP contribution in [-0.2, 0) is 0 Å². The van der Waals surface area contributed by atoms with Gasteiger partial charge in [-0.3, -0.25) is 4.79 Å². The molecule has 1 fully saturated rings. The lowest BCUT2D eigenvalue weighted by Gasteiger charge is -2.08. The predicted molar refractivity (Wildman–Crippen MR) is 65.1 cm³/mol. The molecule has 1 aliphatic carbocycles. The van der Waals surface area contributed by atoms with Gasteiger partial charge in [-0.15, -0.1) is 0 Å². The van der Waals surface area contributed by atoms with E-state index in [1.165, 1.54) is 25.7 Å². The molecule has 0 spiro atoms. The largest absolute Gasteiger partial charge is 0.301 e. The molecule has 2 nitrogen and oxygen atoms in total. The summed E-state index contributed by atoms with van der Waals surface area (Å²) in [6.45, 7) is 0. The van der Waals surface area contributed by atoms with E-state index in [4.69, 9.17) is 5.41 Å². The van der Waals surface area contributed by atoms with Crippen LogP contribution >= 0.6 is 0 Å². The van der Waals surface area contributed by atoms with Crippen LogP contribution in [0.15, 0.2) is 30.3 Å². The van der Waals surface area contributed by atoms with Crippen LogP contribution in [0.25, 0.3) is 0 Å². The van der Waals surface area contributed by atoms with Gasteiger partial charge in [-0.05, 0) is 12.3 Å². The number of Topliss-reactive ketones (excluding diaryl/α,β-unsaturated/α-hetero) is 1. The van der Waals surface area contributed by atoms with Crippen molar-refractivity contribution in [3.05, 3.63) is 35.9 Å². The molecular weight excluding hydrogens is 198 g/mol. The first kappa shape index (κ1) is 11.1. The van der Waals surface area contributed by atoms with Crippen molar-refractivity contribution in [1.82, 2.24) is 0 Å². The van der Waals surface area contributed by atoms with Gasteiger partial charge in [-0.1, -0.05) is 56.0 Å². The van der Waals surface area contributed by atoms with Crippen molar-refractivity contribution < 1.29 is 4.79 Å². The molecule has 0 saturated heterocycles. The van der Waals surface area contributed by atoms with Crippen molar-refractivity contribution in [3.63, 3.8) is 0 Å². The van der Waals surface area contributed by atoms with Gasteiger partial charge in [0.05, 0.1) is 5.71 Å². The van der Waals surface area contributed by atoms with Crippen LogP contribution in [0.1, 0.15) is 42.5 Å². The minimum absolute atomic E-state index is 0.104. The molecule has 0 amide bonds. The lowest BCUT2D eigenvalue weighted by atomic mass is 9.96. The molecule has 16 heavy (non-hydrogen) atoms. The van der Waals surface area contributed by atoms with E-state index in [1.807, 2.05) is 18.2 Å². The van der Waals surface area contributed by atoms with Gasteiger partial charge in [0.1, 0.15) is 0 Å². The first-order chi connectivity index (χ1) is 7.77. The molecule has 0 atom stereocenters. The van der Waals surface area contributed by atoms with Crippen molar-refractivity contribution in [3.8, 4) is 0 Å². The Labute approximate surface area is 96.2 Å². The molecule has 2 heteroatoms. The van der Waals surface area contributed by atoms with Gasteiger partial charge in [-0.25, -0.2) is 0 Å². The molecule has 0 bridgehead atoms. The van der Waals surface area contributed by atoms with Crippen LogP contribution < -0.4 is 0 Å². The van der Waals surface area contributed by atoms with E-state index in [-0.39, 0.29) is 11.5 Å². The summed E-state index contributed by atoms with van der Waals surface area (Å²) >= 11 is 0. The van der Waals surface area contributed by atoms with Crippen molar-refractivity contribution in [2.45, 2.75) is 32.1 Å². The monoisotopic (exact) mass is 215 g/mol. The summed E-state index contributed by atoms with van der Waals surface area (Å²) in [4.78, 5) is 11.9. The zero-order chi connectivity index (χ0) is 11.4. The third kappa shape index (κ3) is 2.57. The molecule has 1 aliphatic rings. The van der Waals surface area contributed by atoms with Gasteiger partial charge >= 0.3 is 0 Å². The highest BCUT2D eigenvalue weighted by atomic mass is 16.1. The summed E-state index contributed by atoms with van der Waals surface area (Å²) in [5.74, 6) is 0.465. The molecule has 0 aromatic heterocycles. The summed E-state index contributed by atoms with van der Waals surface area (Å²) in [7, 11) is 0. The highest BCUT2D eigenvalue weighted by Crippen LogP contribution is 2.28. The fraction of sp³-hybridized carbons (Fsp3) is 0.429. The molecule has 1 aromatic carbocycles. The molecule has 2 rings (SSSR count). The predicted octanol–water partition coefficient (Wildman–Crippen LogP) is 3.47. The second-order valence-corrected chi connectivity index (χ2v) is 4.53. The van der Waals surface area contributed by atoms with E-state index in [9.17, 15) is 4.79 Å². The highest BCUT2D eigenvalue weighted by molar-refractivity contribution is 6.44. The average molecular weight is 215 g/mol. The number of ketones is 1. The third-order valence-corrected chi connectivity index (χ3v) is 3.28. The summed E-state index contributed by atoms with van der Waals surface area (Å²) in [6.07, 6.45) is 5.55. The maximum absolute atomic E-state index is 11.9. The number of nitrogens with one attached hydrogen (secondary N) is 1. The maximum atomic E-state index is 11.9. The van der Waals surface area contributed by atoms with Gasteiger partial charge in [0, 0.05) is 5.56 Å². The number of rotatable bonds is 4. The molecule has 0 radical (unpaired) electrons. The number of hydrogen-bond donors (Lipinski definition) is 1. The normalized spacial score (nSPS) is 16.2. The van der Waals surface area contributed by atoms with Crippen LogP contribution in [0, 0.1) is 11.3 Å². The molecule has 0 unspecified atom stereocenters. The summed E-state index contributed by atoms with van der Waals surface area (Å²) in [6, 6.07) is 9.14. The lowest BCUT2D eigenvalue weighted by molar-refractivity contribution is 0.106. The second-order valence-electron chi connectivity index (χ2n) is 4.53. The van der Waals surface area contributed by atoms with E-state index >= 15 is 0 Å². The second kappa shape index (κ2) is 5.06. The standard InChI is InChI=1S/C14H17NO/c15-13(10-11-6-4-5-7-11)14(16)12-8-2-1-3-9-12/h1-3,8-9,11,15H,4-7,10H2. The summed E-state index contributed by atoms with van der Waals surface area (Å²) in [5.41, 5.74) is 0.920. The zero-order valence-electron chi connectivity index (χ0n) is 9.41. The van der Waals surface area contributed by atoms with E-state index in [0.29, 0.717) is 17.9 Å². The number of carbonyl (C=O) groups is 1. The number of benzene rings is 1. The Morgan fingerprint density at radius 1 is 1.19 bits per heavy atom. The van der Waals surface area contributed by atoms with Crippen molar-refractivity contribution >= 4 is 11.5 Å². The quantitative estimate of drug-likeness (QED) is 0.606. The number of hydrogen-bond acceptors (Lipinski definition) is 2. The molecule has 1 aromatic rings. The van der Waals surface area contributed by atoms with Crippen LogP contribution in [0.3, 0.4) is 0 Å². The van der Waals surface area contributed by atoms with Gasteiger partial charge in [0.2, 0.25) is 5.78 Å². The molecular formula is C14H17NO.